The zero-order valence-electron chi connectivity index (χ0n) is 15.6. The fourth-order valence-corrected chi connectivity index (χ4v) is 4.78. The molecule has 0 radical (unpaired) electrons. The van der Waals surface area contributed by atoms with Crippen molar-refractivity contribution < 1.29 is 8.42 Å². The molecule has 0 amide bonds. The molecule has 1 aromatic carbocycles. The number of sulfonamides is 1. The Balaban J connectivity index is 0.00000261. The Kier molecular flexibility index (Phi) is 8.36. The van der Waals surface area contributed by atoms with Gasteiger partial charge in [-0.25, -0.2) is 12.7 Å². The Labute approximate surface area is 178 Å². The maximum Gasteiger partial charge on any atom is 0.214 e. The lowest BCUT2D eigenvalue weighted by Gasteiger charge is -2.16. The van der Waals surface area contributed by atoms with E-state index in [4.69, 9.17) is 0 Å². The number of aromatic nitrogens is 1. The van der Waals surface area contributed by atoms with E-state index in [9.17, 15) is 8.42 Å². The molecule has 3 rings (SSSR count). The molecule has 1 aliphatic rings. The first-order chi connectivity index (χ1) is 12.6. The zero-order chi connectivity index (χ0) is 18.4. The van der Waals surface area contributed by atoms with Gasteiger partial charge in [0.1, 0.15) is 0 Å². The van der Waals surface area contributed by atoms with Gasteiger partial charge in [0.15, 0.2) is 5.96 Å². The summed E-state index contributed by atoms with van der Waals surface area (Å²) in [6.07, 6.45) is 3.82. The van der Waals surface area contributed by atoms with E-state index in [0.29, 0.717) is 25.6 Å². The first kappa shape index (κ1) is 22.0. The van der Waals surface area contributed by atoms with Gasteiger partial charge in [0.25, 0.3) is 0 Å². The van der Waals surface area contributed by atoms with Crippen molar-refractivity contribution in [2.75, 3.05) is 39.0 Å². The summed E-state index contributed by atoms with van der Waals surface area (Å²) in [5.74, 6) is 0.979. The van der Waals surface area contributed by atoms with Gasteiger partial charge in [-0.05, 0) is 30.4 Å². The van der Waals surface area contributed by atoms with Crippen LogP contribution in [0.5, 0.6) is 0 Å². The Morgan fingerprint density at radius 1 is 1.15 bits per heavy atom. The minimum absolute atomic E-state index is 0. The van der Waals surface area contributed by atoms with E-state index in [1.54, 1.807) is 11.4 Å². The largest absolute Gasteiger partial charge is 0.356 e. The molecule has 0 atom stereocenters. The molecule has 2 aromatic rings. The molecule has 1 fully saturated rings. The summed E-state index contributed by atoms with van der Waals surface area (Å²) in [6.45, 7) is 3.40. The van der Waals surface area contributed by atoms with Gasteiger partial charge in [0.05, 0.1) is 5.75 Å². The maximum absolute atomic E-state index is 11.8. The number of benzene rings is 1. The number of fused-ring (bicyclic) bond motifs is 1. The number of aliphatic imine (C=N–C) groups is 1. The number of nitrogens with zero attached hydrogens (tertiary/aromatic N) is 3. The maximum atomic E-state index is 11.8. The molecule has 7 nitrogen and oxygen atoms in total. The van der Waals surface area contributed by atoms with Crippen LogP contribution in [-0.4, -0.2) is 62.2 Å². The van der Waals surface area contributed by atoms with E-state index in [-0.39, 0.29) is 29.7 Å². The SMILES string of the molecule is CN=C(NCCCn1ccc2ccccc21)NCCN1CCCS1(=O)=O.I. The Bertz CT molecular complexity index is 866. The van der Waals surface area contributed by atoms with Crippen LogP contribution in [0, 0.1) is 0 Å². The first-order valence-electron chi connectivity index (χ1n) is 9.06. The van der Waals surface area contributed by atoms with Crippen molar-refractivity contribution in [3.05, 3.63) is 36.5 Å². The molecular formula is C18H28IN5O2S. The van der Waals surface area contributed by atoms with Crippen molar-refractivity contribution >= 4 is 50.9 Å². The molecule has 0 unspecified atom stereocenters. The summed E-state index contributed by atoms with van der Waals surface area (Å²) < 4.78 is 27.3. The lowest BCUT2D eigenvalue weighted by atomic mass is 10.2. The van der Waals surface area contributed by atoms with Crippen LogP contribution in [0.2, 0.25) is 0 Å². The molecule has 2 heterocycles. The number of para-hydroxylation sites is 1. The molecule has 0 bridgehead atoms. The van der Waals surface area contributed by atoms with E-state index in [0.717, 1.165) is 25.9 Å². The average molecular weight is 505 g/mol. The third-order valence-electron chi connectivity index (χ3n) is 4.63. The number of aryl methyl sites for hydroxylation is 1. The normalized spacial score (nSPS) is 17.0. The Morgan fingerprint density at radius 2 is 1.93 bits per heavy atom. The van der Waals surface area contributed by atoms with Crippen molar-refractivity contribution in [3.8, 4) is 0 Å². The van der Waals surface area contributed by atoms with Gasteiger partial charge in [0.2, 0.25) is 10.0 Å². The third-order valence-corrected chi connectivity index (χ3v) is 6.59. The van der Waals surface area contributed by atoms with Crippen LogP contribution in [0.25, 0.3) is 10.9 Å². The highest BCUT2D eigenvalue weighted by molar-refractivity contribution is 14.0. The van der Waals surface area contributed by atoms with Crippen LogP contribution in [-0.2, 0) is 16.6 Å². The summed E-state index contributed by atoms with van der Waals surface area (Å²) >= 11 is 0. The molecule has 1 aliphatic heterocycles. The van der Waals surface area contributed by atoms with Crippen molar-refractivity contribution in [2.24, 2.45) is 4.99 Å². The lowest BCUT2D eigenvalue weighted by molar-refractivity contribution is 0.445. The van der Waals surface area contributed by atoms with Crippen molar-refractivity contribution in [3.63, 3.8) is 0 Å². The first-order valence-corrected chi connectivity index (χ1v) is 10.7. The second kappa shape index (κ2) is 10.3. The number of hydrogen-bond donors (Lipinski definition) is 2. The van der Waals surface area contributed by atoms with Crippen molar-refractivity contribution in [1.82, 2.24) is 19.5 Å². The summed E-state index contributed by atoms with van der Waals surface area (Å²) in [6, 6.07) is 10.5. The number of rotatable bonds is 7. The topological polar surface area (TPSA) is 78.7 Å². The van der Waals surface area contributed by atoms with Gasteiger partial charge in [0, 0.05) is 51.5 Å². The highest BCUT2D eigenvalue weighted by Gasteiger charge is 2.27. The molecule has 1 saturated heterocycles. The second-order valence-corrected chi connectivity index (χ2v) is 8.50. The predicted octanol–water partition coefficient (Wildman–Crippen LogP) is 1.85. The smallest absolute Gasteiger partial charge is 0.214 e. The molecule has 0 saturated carbocycles. The third kappa shape index (κ3) is 5.82. The average Bonchev–Trinajstić information content (AvgIpc) is 3.20. The van der Waals surface area contributed by atoms with E-state index in [1.165, 1.54) is 10.9 Å². The number of nitrogens with one attached hydrogen (secondary N) is 2. The summed E-state index contributed by atoms with van der Waals surface area (Å²) in [5, 5.41) is 7.73. The van der Waals surface area contributed by atoms with Crippen LogP contribution in [0.3, 0.4) is 0 Å². The zero-order valence-corrected chi connectivity index (χ0v) is 18.7. The van der Waals surface area contributed by atoms with Crippen LogP contribution >= 0.6 is 24.0 Å². The van der Waals surface area contributed by atoms with Gasteiger partial charge < -0.3 is 15.2 Å². The minimum atomic E-state index is -3.03. The summed E-state index contributed by atoms with van der Waals surface area (Å²) in [7, 11) is -1.30. The Hall–Kier alpha value is -1.33. The van der Waals surface area contributed by atoms with E-state index >= 15 is 0 Å². The molecule has 0 spiro atoms. The van der Waals surface area contributed by atoms with Crippen LogP contribution in [0.1, 0.15) is 12.8 Å². The van der Waals surface area contributed by atoms with Crippen LogP contribution in [0.15, 0.2) is 41.5 Å². The minimum Gasteiger partial charge on any atom is -0.356 e. The van der Waals surface area contributed by atoms with E-state index in [2.05, 4.69) is 56.7 Å². The predicted molar refractivity (Wildman–Crippen MR) is 121 cm³/mol. The number of guanidine groups is 1. The molecular weight excluding hydrogens is 477 g/mol. The molecule has 2 N–H and O–H groups in total. The molecule has 1 aromatic heterocycles. The molecule has 150 valence electrons. The monoisotopic (exact) mass is 505 g/mol. The van der Waals surface area contributed by atoms with Gasteiger partial charge in [-0.3, -0.25) is 4.99 Å². The molecule has 27 heavy (non-hydrogen) atoms. The van der Waals surface area contributed by atoms with Crippen molar-refractivity contribution in [2.45, 2.75) is 19.4 Å². The summed E-state index contributed by atoms with van der Waals surface area (Å²) in [5.41, 5.74) is 1.25. The van der Waals surface area contributed by atoms with Crippen LogP contribution in [0.4, 0.5) is 0 Å². The highest BCUT2D eigenvalue weighted by atomic mass is 127. The van der Waals surface area contributed by atoms with E-state index < -0.39 is 10.0 Å². The fourth-order valence-electron chi connectivity index (χ4n) is 3.25. The molecule has 0 aliphatic carbocycles. The quantitative estimate of drug-likeness (QED) is 0.261. The Morgan fingerprint density at radius 3 is 2.67 bits per heavy atom. The molecule has 9 heteroatoms. The van der Waals surface area contributed by atoms with Gasteiger partial charge in [-0.15, -0.1) is 24.0 Å². The van der Waals surface area contributed by atoms with Gasteiger partial charge >= 0.3 is 0 Å². The van der Waals surface area contributed by atoms with Gasteiger partial charge in [-0.1, -0.05) is 18.2 Å². The highest BCUT2D eigenvalue weighted by Crippen LogP contribution is 2.15. The fraction of sp³-hybridized carbons (Fsp3) is 0.500. The number of halogens is 1. The lowest BCUT2D eigenvalue weighted by Crippen LogP contribution is -2.42. The van der Waals surface area contributed by atoms with Gasteiger partial charge in [-0.2, -0.15) is 0 Å². The number of hydrogen-bond acceptors (Lipinski definition) is 3. The second-order valence-electron chi connectivity index (χ2n) is 6.42. The van der Waals surface area contributed by atoms with E-state index in [1.807, 2.05) is 0 Å². The van der Waals surface area contributed by atoms with Crippen LogP contribution < -0.4 is 10.6 Å². The summed E-state index contributed by atoms with van der Waals surface area (Å²) in [4.78, 5) is 4.19. The van der Waals surface area contributed by atoms with Crippen molar-refractivity contribution in [1.29, 1.82) is 0 Å². The standard InChI is InChI=1S/C18H27N5O2S.HI/c1-19-18(21-10-14-23-12-5-15-26(23,24)25)20-9-4-11-22-13-8-16-6-2-3-7-17(16)22;/h2-3,6-8,13H,4-5,9-12,14-15H2,1H3,(H2,19,20,21);1H.